The van der Waals surface area contributed by atoms with Gasteiger partial charge in [0.05, 0.1) is 37.0 Å². The number of aliphatic hydroxyl groups is 1. The molecule has 0 saturated heterocycles. The molecule has 0 aromatic carbocycles. The molecule has 38 heavy (non-hydrogen) atoms. The van der Waals surface area contributed by atoms with Gasteiger partial charge in [-0.15, -0.1) is 0 Å². The van der Waals surface area contributed by atoms with Gasteiger partial charge in [-0.25, -0.2) is 9.59 Å². The molecule has 0 aromatic heterocycles. The molecule has 3 N–H and O–H groups in total. The van der Waals surface area contributed by atoms with Gasteiger partial charge in [0.25, 0.3) is 0 Å². The maximum absolute atomic E-state index is 11.5. The Labute approximate surface area is 227 Å². The zero-order valence-electron chi connectivity index (χ0n) is 22.2. The predicted octanol–water partition coefficient (Wildman–Crippen LogP) is 3.38. The minimum absolute atomic E-state index is 0.182. The number of carbonyl (C=O) groups is 4. The van der Waals surface area contributed by atoms with Crippen LogP contribution in [0.4, 0.5) is 9.59 Å². The highest BCUT2D eigenvalue weighted by Crippen LogP contribution is 2.39. The number of carbonyl (C=O) groups excluding carboxylic acids is 4. The summed E-state index contributed by atoms with van der Waals surface area (Å²) in [6, 6.07) is 0. The number of methoxy groups -OCH3 is 3. The van der Waals surface area contributed by atoms with Crippen LogP contribution in [-0.2, 0) is 33.3 Å². The van der Waals surface area contributed by atoms with Crippen LogP contribution in [0.1, 0.15) is 58.3 Å². The van der Waals surface area contributed by atoms with Crippen molar-refractivity contribution in [3.05, 3.63) is 23.7 Å². The van der Waals surface area contributed by atoms with Crippen LogP contribution in [-0.4, -0.2) is 79.7 Å². The molecule has 4 rings (SSSR count). The van der Waals surface area contributed by atoms with Crippen LogP contribution in [0.5, 0.6) is 0 Å². The van der Waals surface area contributed by atoms with E-state index in [1.54, 1.807) is 21.1 Å². The second kappa shape index (κ2) is 14.4. The van der Waals surface area contributed by atoms with Gasteiger partial charge in [-0.3, -0.25) is 9.59 Å². The van der Waals surface area contributed by atoms with Crippen molar-refractivity contribution < 1.29 is 48.0 Å². The highest BCUT2D eigenvalue weighted by atomic mass is 35.5. The molecule has 214 valence electrons. The fourth-order valence-corrected chi connectivity index (χ4v) is 5.06. The van der Waals surface area contributed by atoms with Gasteiger partial charge < -0.3 is 39.4 Å². The molecule has 4 aliphatic rings. The lowest BCUT2D eigenvalue weighted by molar-refractivity contribution is -0.118. The van der Waals surface area contributed by atoms with Crippen molar-refractivity contribution in [2.75, 3.05) is 27.9 Å². The largest absolute Gasteiger partial charge is 0.513 e. The Kier molecular flexibility index (Phi) is 11.9. The Hall–Kier alpha value is -2.83. The van der Waals surface area contributed by atoms with Crippen molar-refractivity contribution in [2.24, 2.45) is 0 Å². The molecular formula is C25H37ClN2O10. The van der Waals surface area contributed by atoms with Crippen molar-refractivity contribution in [1.82, 2.24) is 10.6 Å². The summed E-state index contributed by atoms with van der Waals surface area (Å²) >= 11 is 4.72. The quantitative estimate of drug-likeness (QED) is 0.343. The number of halogens is 1. The highest BCUT2D eigenvalue weighted by Gasteiger charge is 2.46. The van der Waals surface area contributed by atoms with Crippen LogP contribution in [0.3, 0.4) is 0 Å². The first kappa shape index (κ1) is 31.4. The number of hydrogen-bond acceptors (Lipinski definition) is 10. The highest BCUT2D eigenvalue weighted by molar-refractivity contribution is 6.61. The lowest BCUT2D eigenvalue weighted by Crippen LogP contribution is -2.49. The first-order valence-electron chi connectivity index (χ1n) is 12.4. The molecule has 0 bridgehead atoms. The maximum Gasteiger partial charge on any atom is 0.513 e. The third-order valence-corrected chi connectivity index (χ3v) is 7.18. The fourth-order valence-electron chi connectivity index (χ4n) is 4.95. The Morgan fingerprint density at radius 1 is 0.921 bits per heavy atom. The van der Waals surface area contributed by atoms with E-state index in [4.69, 9.17) is 25.8 Å². The van der Waals surface area contributed by atoms with E-state index in [0.29, 0.717) is 25.2 Å². The average Bonchev–Trinajstić information content (AvgIpc) is 3.34. The van der Waals surface area contributed by atoms with E-state index in [1.807, 2.05) is 0 Å². The molecule has 2 saturated carbocycles. The van der Waals surface area contributed by atoms with Gasteiger partial charge in [0.1, 0.15) is 11.5 Å². The molecule has 0 aromatic rings. The molecular weight excluding hydrogens is 524 g/mol. The minimum atomic E-state index is -0.800. The van der Waals surface area contributed by atoms with Gasteiger partial charge in [0.15, 0.2) is 0 Å². The average molecular weight is 561 g/mol. The minimum Gasteiger partial charge on any atom is -0.510 e. The van der Waals surface area contributed by atoms with Crippen molar-refractivity contribution in [3.63, 3.8) is 0 Å². The number of amides is 2. The van der Waals surface area contributed by atoms with E-state index in [1.165, 1.54) is 19.3 Å². The van der Waals surface area contributed by atoms with Crippen molar-refractivity contribution >= 4 is 35.0 Å². The van der Waals surface area contributed by atoms with Gasteiger partial charge in [-0.2, -0.15) is 0 Å². The van der Waals surface area contributed by atoms with Gasteiger partial charge >= 0.3 is 11.6 Å². The van der Waals surface area contributed by atoms with Crippen molar-refractivity contribution in [2.45, 2.75) is 81.6 Å². The first-order valence-corrected chi connectivity index (χ1v) is 12.8. The molecule has 13 heteroatoms. The van der Waals surface area contributed by atoms with Crippen LogP contribution < -0.4 is 10.6 Å². The number of hydrogen-bond donors (Lipinski definition) is 3. The summed E-state index contributed by atoms with van der Waals surface area (Å²) in [6.45, 7) is 2.04. The van der Waals surface area contributed by atoms with E-state index >= 15 is 0 Å². The normalized spacial score (nSPS) is 29.5. The van der Waals surface area contributed by atoms with Crippen LogP contribution >= 0.6 is 11.6 Å². The molecule has 2 amide bonds. The summed E-state index contributed by atoms with van der Waals surface area (Å²) in [5, 5.41) is 15.4. The fraction of sp³-hybridized carbons (Fsp3) is 0.680. The smallest absolute Gasteiger partial charge is 0.510 e. The van der Waals surface area contributed by atoms with Gasteiger partial charge in [0.2, 0.25) is 11.8 Å². The van der Waals surface area contributed by atoms with Crippen LogP contribution in [0.15, 0.2) is 23.7 Å². The third kappa shape index (κ3) is 8.34. The molecule has 2 heterocycles. The lowest BCUT2D eigenvalue weighted by atomic mass is 9.80. The van der Waals surface area contributed by atoms with Crippen LogP contribution in [0.25, 0.3) is 0 Å². The zero-order valence-corrected chi connectivity index (χ0v) is 22.9. The first-order chi connectivity index (χ1) is 18.0. The summed E-state index contributed by atoms with van der Waals surface area (Å²) in [5.41, 5.74) is -1.79. The molecule has 2 fully saturated rings. The SMILES string of the molecule is CCOC(=O)Cl.COC(=O)OC1=CC(=O)NC12CCC(OC)CC2.COC1CCC2(CC1)NC(=O)C=C2O. The van der Waals surface area contributed by atoms with Gasteiger partial charge in [-0.1, -0.05) is 0 Å². The standard InChI is InChI=1S/C12H17NO5.C10H15NO3.C3H5ClO2/c1-16-8-3-5-12(6-4-8)9(7-10(14)13-12)18-11(15)17-2;1-14-7-2-4-10(5-3-7)8(12)6-9(13)11-10;1-2-6-3(4)5/h7-8H,3-6H2,1-2H3,(H,13,14);6-7,12H,2-5H2,1H3,(H,11,13);2H2,1H3. The van der Waals surface area contributed by atoms with Crippen molar-refractivity contribution in [1.29, 1.82) is 0 Å². The number of ether oxygens (including phenoxy) is 5. The Bertz CT molecular complexity index is 919. The number of rotatable bonds is 4. The van der Waals surface area contributed by atoms with Crippen LogP contribution in [0, 0.1) is 0 Å². The summed E-state index contributed by atoms with van der Waals surface area (Å²) in [6.07, 6.45) is 8.60. The molecule has 2 aliphatic heterocycles. The Morgan fingerprint density at radius 2 is 1.39 bits per heavy atom. The number of nitrogens with one attached hydrogen (secondary N) is 2. The Morgan fingerprint density at radius 3 is 1.76 bits per heavy atom. The van der Waals surface area contributed by atoms with E-state index in [0.717, 1.165) is 38.5 Å². The molecule has 2 spiro atoms. The van der Waals surface area contributed by atoms with Gasteiger partial charge in [-0.05, 0) is 58.3 Å². The van der Waals surface area contributed by atoms with E-state index in [-0.39, 0.29) is 29.8 Å². The second-order valence-electron chi connectivity index (χ2n) is 9.28. The second-order valence-corrected chi connectivity index (χ2v) is 9.59. The summed E-state index contributed by atoms with van der Waals surface area (Å²) in [7, 11) is 4.62. The lowest BCUT2D eigenvalue weighted by Gasteiger charge is -2.37. The molecule has 2 aliphatic carbocycles. The Balaban J connectivity index is 0.000000225. The number of aliphatic hydroxyl groups excluding tert-OH is 1. The zero-order chi connectivity index (χ0) is 28.3. The van der Waals surface area contributed by atoms with Crippen molar-refractivity contribution in [3.8, 4) is 0 Å². The van der Waals surface area contributed by atoms with Crippen LogP contribution in [0.2, 0.25) is 0 Å². The van der Waals surface area contributed by atoms with E-state index in [9.17, 15) is 24.3 Å². The summed E-state index contributed by atoms with van der Waals surface area (Å²) in [4.78, 5) is 43.4. The van der Waals surface area contributed by atoms with E-state index < -0.39 is 22.7 Å². The maximum atomic E-state index is 11.5. The molecule has 0 atom stereocenters. The topological polar surface area (TPSA) is 159 Å². The molecule has 12 nitrogen and oxygen atoms in total. The monoisotopic (exact) mass is 560 g/mol. The molecule has 0 radical (unpaired) electrons. The summed E-state index contributed by atoms with van der Waals surface area (Å²) in [5.74, 6) is 0.133. The van der Waals surface area contributed by atoms with Gasteiger partial charge in [0, 0.05) is 38.0 Å². The molecule has 0 unspecified atom stereocenters. The van der Waals surface area contributed by atoms with E-state index in [2.05, 4.69) is 20.1 Å². The third-order valence-electron chi connectivity index (χ3n) is 7.07. The predicted molar refractivity (Wildman–Crippen MR) is 135 cm³/mol. The summed E-state index contributed by atoms with van der Waals surface area (Å²) < 4.78 is 24.2.